The SMILES string of the molecule is CCOC(=O)CC(O)C(O)c1cc(Cl)cc(F)c1N. The van der Waals surface area contributed by atoms with Gasteiger partial charge >= 0.3 is 5.97 Å². The number of nitrogen functional groups attached to an aromatic ring is 1. The van der Waals surface area contributed by atoms with Crippen LogP contribution in [-0.2, 0) is 9.53 Å². The van der Waals surface area contributed by atoms with Gasteiger partial charge in [0.1, 0.15) is 11.9 Å². The number of nitrogens with two attached hydrogens (primary N) is 1. The minimum Gasteiger partial charge on any atom is -0.466 e. The zero-order valence-corrected chi connectivity index (χ0v) is 11.0. The summed E-state index contributed by atoms with van der Waals surface area (Å²) in [6.45, 7) is 1.78. The summed E-state index contributed by atoms with van der Waals surface area (Å²) in [5.41, 5.74) is 5.07. The summed E-state index contributed by atoms with van der Waals surface area (Å²) < 4.78 is 18.0. The Morgan fingerprint density at radius 2 is 2.16 bits per heavy atom. The molecule has 0 spiro atoms. The van der Waals surface area contributed by atoms with Gasteiger partial charge in [0.25, 0.3) is 0 Å². The van der Waals surface area contributed by atoms with Crippen LogP contribution in [-0.4, -0.2) is 28.9 Å². The predicted octanol–water partition coefficient (Wildman–Crippen LogP) is 1.41. The number of carbonyl (C=O) groups excluding carboxylic acids is 1. The second-order valence-corrected chi connectivity index (χ2v) is 4.35. The number of esters is 1. The average Bonchev–Trinajstić information content (AvgIpc) is 2.33. The molecule has 2 atom stereocenters. The highest BCUT2D eigenvalue weighted by Crippen LogP contribution is 2.30. The summed E-state index contributed by atoms with van der Waals surface area (Å²) in [5.74, 6) is -1.47. The Morgan fingerprint density at radius 3 is 2.74 bits per heavy atom. The van der Waals surface area contributed by atoms with Crippen molar-refractivity contribution in [3.05, 3.63) is 28.5 Å². The first-order chi connectivity index (χ1) is 8.86. The molecule has 0 heterocycles. The number of halogens is 2. The van der Waals surface area contributed by atoms with Crippen LogP contribution in [0.1, 0.15) is 25.0 Å². The van der Waals surface area contributed by atoms with E-state index in [1.54, 1.807) is 6.92 Å². The molecule has 5 nitrogen and oxygen atoms in total. The van der Waals surface area contributed by atoms with Crippen molar-refractivity contribution in [1.82, 2.24) is 0 Å². The number of ether oxygens (including phenoxy) is 1. The van der Waals surface area contributed by atoms with E-state index in [9.17, 15) is 19.4 Å². The quantitative estimate of drug-likeness (QED) is 0.563. The molecular weight excluding hydrogens is 277 g/mol. The van der Waals surface area contributed by atoms with Crippen LogP contribution >= 0.6 is 11.6 Å². The van der Waals surface area contributed by atoms with Gasteiger partial charge in [-0.3, -0.25) is 4.79 Å². The Balaban J connectivity index is 2.88. The molecule has 1 aromatic rings. The number of aliphatic hydroxyl groups is 2. The monoisotopic (exact) mass is 291 g/mol. The summed E-state index contributed by atoms with van der Waals surface area (Å²) in [4.78, 5) is 11.2. The number of hydrogen-bond donors (Lipinski definition) is 3. The fraction of sp³-hybridized carbons (Fsp3) is 0.417. The van der Waals surface area contributed by atoms with Gasteiger partial charge in [-0.15, -0.1) is 0 Å². The van der Waals surface area contributed by atoms with E-state index in [4.69, 9.17) is 17.3 Å². The van der Waals surface area contributed by atoms with E-state index in [2.05, 4.69) is 4.74 Å². The minimum absolute atomic E-state index is 0.0316. The number of hydrogen-bond acceptors (Lipinski definition) is 5. The van der Waals surface area contributed by atoms with Crippen molar-refractivity contribution in [2.45, 2.75) is 25.6 Å². The lowest BCUT2D eigenvalue weighted by Crippen LogP contribution is -2.24. The Kier molecular flexibility index (Phi) is 5.53. The molecule has 4 N–H and O–H groups in total. The second-order valence-electron chi connectivity index (χ2n) is 3.91. The van der Waals surface area contributed by atoms with Gasteiger partial charge in [-0.2, -0.15) is 0 Å². The third-order valence-corrected chi connectivity index (χ3v) is 2.71. The molecule has 0 aromatic heterocycles. The molecule has 0 aliphatic rings. The molecule has 2 unspecified atom stereocenters. The van der Waals surface area contributed by atoms with E-state index in [1.165, 1.54) is 6.07 Å². The molecule has 7 heteroatoms. The van der Waals surface area contributed by atoms with E-state index < -0.39 is 30.4 Å². The van der Waals surface area contributed by atoms with Crippen LogP contribution in [0, 0.1) is 5.82 Å². The molecule has 0 aliphatic heterocycles. The Labute approximate surface area is 114 Å². The highest BCUT2D eigenvalue weighted by molar-refractivity contribution is 6.30. The second kappa shape index (κ2) is 6.70. The number of benzene rings is 1. The van der Waals surface area contributed by atoms with Gasteiger partial charge in [0.05, 0.1) is 24.8 Å². The van der Waals surface area contributed by atoms with Gasteiger partial charge in [-0.05, 0) is 19.1 Å². The Hall–Kier alpha value is -1.37. The largest absolute Gasteiger partial charge is 0.466 e. The lowest BCUT2D eigenvalue weighted by Gasteiger charge is -2.19. The van der Waals surface area contributed by atoms with Gasteiger partial charge in [0.2, 0.25) is 0 Å². The number of anilines is 1. The van der Waals surface area contributed by atoms with Gasteiger partial charge in [0.15, 0.2) is 0 Å². The summed E-state index contributed by atoms with van der Waals surface area (Å²) >= 11 is 5.65. The molecule has 0 bridgehead atoms. The van der Waals surface area contributed by atoms with E-state index in [-0.39, 0.29) is 22.9 Å². The molecule has 0 saturated carbocycles. The summed E-state index contributed by atoms with van der Waals surface area (Å²) in [7, 11) is 0. The van der Waals surface area contributed by atoms with Crippen molar-refractivity contribution >= 4 is 23.3 Å². The van der Waals surface area contributed by atoms with E-state index in [0.717, 1.165) is 6.07 Å². The molecule has 0 fully saturated rings. The van der Waals surface area contributed by atoms with Crippen molar-refractivity contribution in [2.75, 3.05) is 12.3 Å². The third kappa shape index (κ3) is 4.05. The summed E-state index contributed by atoms with van der Waals surface area (Å²) in [5, 5.41) is 19.6. The standard InChI is InChI=1S/C12H15ClFNO4/c1-2-19-10(17)5-9(16)12(18)7-3-6(13)4-8(14)11(7)15/h3-4,9,12,16,18H,2,5,15H2,1H3. The topological polar surface area (TPSA) is 92.8 Å². The van der Waals surface area contributed by atoms with Gasteiger partial charge < -0.3 is 20.7 Å². The maximum Gasteiger partial charge on any atom is 0.308 e. The molecule has 0 radical (unpaired) electrons. The third-order valence-electron chi connectivity index (χ3n) is 2.49. The first-order valence-electron chi connectivity index (χ1n) is 5.63. The van der Waals surface area contributed by atoms with Crippen molar-refractivity contribution in [2.24, 2.45) is 0 Å². The lowest BCUT2D eigenvalue weighted by molar-refractivity contribution is -0.147. The number of rotatable bonds is 5. The molecular formula is C12H15ClFNO4. The first kappa shape index (κ1) is 15.7. The van der Waals surface area contributed by atoms with E-state index in [1.807, 2.05) is 0 Å². The number of aliphatic hydroxyl groups excluding tert-OH is 2. The molecule has 0 saturated heterocycles. The zero-order valence-electron chi connectivity index (χ0n) is 10.3. The van der Waals surface area contributed by atoms with Crippen molar-refractivity contribution in [1.29, 1.82) is 0 Å². The maximum atomic E-state index is 13.4. The Morgan fingerprint density at radius 1 is 1.53 bits per heavy atom. The first-order valence-corrected chi connectivity index (χ1v) is 6.00. The van der Waals surface area contributed by atoms with Crippen LogP contribution < -0.4 is 5.73 Å². The van der Waals surface area contributed by atoms with Gasteiger partial charge in [-0.25, -0.2) is 4.39 Å². The van der Waals surface area contributed by atoms with Crippen LogP contribution in [0.5, 0.6) is 0 Å². The van der Waals surface area contributed by atoms with Crippen molar-refractivity contribution in [3.8, 4) is 0 Å². The molecule has 1 rings (SSSR count). The molecule has 0 aliphatic carbocycles. The van der Waals surface area contributed by atoms with Crippen LogP contribution in [0.15, 0.2) is 12.1 Å². The lowest BCUT2D eigenvalue weighted by atomic mass is 10.0. The van der Waals surface area contributed by atoms with Crippen molar-refractivity contribution < 1.29 is 24.1 Å². The normalized spacial score (nSPS) is 13.9. The molecule has 1 aromatic carbocycles. The van der Waals surface area contributed by atoms with E-state index in [0.29, 0.717) is 0 Å². The van der Waals surface area contributed by atoms with Crippen LogP contribution in [0.3, 0.4) is 0 Å². The molecule has 106 valence electrons. The highest BCUT2D eigenvalue weighted by Gasteiger charge is 2.25. The van der Waals surface area contributed by atoms with Crippen LogP contribution in [0.4, 0.5) is 10.1 Å². The van der Waals surface area contributed by atoms with Crippen LogP contribution in [0.2, 0.25) is 5.02 Å². The van der Waals surface area contributed by atoms with Gasteiger partial charge in [-0.1, -0.05) is 11.6 Å². The minimum atomic E-state index is -1.53. The smallest absolute Gasteiger partial charge is 0.308 e. The Bertz CT molecular complexity index is 469. The fourth-order valence-electron chi connectivity index (χ4n) is 1.56. The maximum absolute atomic E-state index is 13.4. The highest BCUT2D eigenvalue weighted by atomic mass is 35.5. The number of carbonyl (C=O) groups is 1. The molecule has 0 amide bonds. The zero-order chi connectivity index (χ0) is 14.6. The molecule has 19 heavy (non-hydrogen) atoms. The van der Waals surface area contributed by atoms with Crippen molar-refractivity contribution in [3.63, 3.8) is 0 Å². The summed E-state index contributed by atoms with van der Waals surface area (Å²) in [6.07, 6.45) is -3.42. The average molecular weight is 292 g/mol. The summed E-state index contributed by atoms with van der Waals surface area (Å²) in [6, 6.07) is 2.23. The fourth-order valence-corrected chi connectivity index (χ4v) is 1.77. The van der Waals surface area contributed by atoms with E-state index >= 15 is 0 Å². The predicted molar refractivity (Wildman–Crippen MR) is 68.0 cm³/mol. The van der Waals surface area contributed by atoms with Crippen LogP contribution in [0.25, 0.3) is 0 Å². The van der Waals surface area contributed by atoms with Gasteiger partial charge in [0, 0.05) is 10.6 Å².